The molecule has 1 aromatic rings. The van der Waals surface area contributed by atoms with Crippen LogP contribution in [-0.4, -0.2) is 11.7 Å². The first kappa shape index (κ1) is 14.1. The van der Waals surface area contributed by atoms with Crippen LogP contribution in [0.3, 0.4) is 0 Å². The molecule has 3 heteroatoms. The van der Waals surface area contributed by atoms with E-state index in [1.807, 2.05) is 38.1 Å². The van der Waals surface area contributed by atoms with E-state index in [0.717, 1.165) is 29.5 Å². The number of rotatable bonds is 3. The van der Waals surface area contributed by atoms with Crippen LogP contribution in [0.2, 0.25) is 0 Å². The standard InChI is InChI=1S/C18H21NO2/c1-11(2)18(21)19-16-15(12-7-3-4-8-12)13-9-5-6-10-14(13)17(16)20/h5-6,9-12H,3-4,7-8H2,1-2H3,(H,19,20,21). The lowest BCUT2D eigenvalue weighted by Crippen LogP contribution is -2.30. The van der Waals surface area contributed by atoms with Crippen molar-refractivity contribution in [1.82, 2.24) is 5.32 Å². The highest BCUT2D eigenvalue weighted by Gasteiger charge is 2.35. The molecule has 0 atom stereocenters. The largest absolute Gasteiger partial charge is 0.322 e. The third kappa shape index (κ3) is 2.41. The Hall–Kier alpha value is -1.90. The molecule has 0 unspecified atom stereocenters. The summed E-state index contributed by atoms with van der Waals surface area (Å²) in [6, 6.07) is 7.72. The number of nitrogens with one attached hydrogen (secondary N) is 1. The molecule has 0 aliphatic heterocycles. The lowest BCUT2D eigenvalue weighted by molar-refractivity contribution is -0.123. The average molecular weight is 283 g/mol. The summed E-state index contributed by atoms with van der Waals surface area (Å²) in [7, 11) is 0. The predicted octanol–water partition coefficient (Wildman–Crippen LogP) is 3.56. The van der Waals surface area contributed by atoms with E-state index in [1.54, 1.807) is 0 Å². The van der Waals surface area contributed by atoms with Gasteiger partial charge in [0.1, 0.15) is 0 Å². The molecule has 0 bridgehead atoms. The number of fused-ring (bicyclic) bond motifs is 1. The molecule has 1 amide bonds. The lowest BCUT2D eigenvalue weighted by Gasteiger charge is -2.16. The number of allylic oxidation sites excluding steroid dienone is 2. The van der Waals surface area contributed by atoms with Gasteiger partial charge in [0.2, 0.25) is 11.7 Å². The second-order valence-corrected chi connectivity index (χ2v) is 6.29. The summed E-state index contributed by atoms with van der Waals surface area (Å²) in [6.45, 7) is 3.69. The number of hydrogen-bond donors (Lipinski definition) is 1. The highest BCUT2D eigenvalue weighted by atomic mass is 16.2. The maximum Gasteiger partial charge on any atom is 0.227 e. The first-order valence-corrected chi connectivity index (χ1v) is 7.78. The SMILES string of the molecule is CC(C)C(=O)NC1=C(C2CCCC2)c2ccccc2C1=O. The van der Waals surface area contributed by atoms with Crippen molar-refractivity contribution in [2.24, 2.45) is 11.8 Å². The summed E-state index contributed by atoms with van der Waals surface area (Å²) in [5, 5.41) is 2.89. The van der Waals surface area contributed by atoms with Crippen LogP contribution < -0.4 is 5.32 Å². The monoisotopic (exact) mass is 283 g/mol. The Morgan fingerprint density at radius 3 is 2.38 bits per heavy atom. The van der Waals surface area contributed by atoms with E-state index in [1.165, 1.54) is 12.8 Å². The van der Waals surface area contributed by atoms with Crippen LogP contribution in [0.15, 0.2) is 30.0 Å². The minimum absolute atomic E-state index is 0.0264. The van der Waals surface area contributed by atoms with Crippen LogP contribution in [0.4, 0.5) is 0 Å². The molecule has 1 saturated carbocycles. The van der Waals surface area contributed by atoms with Crippen LogP contribution in [0.25, 0.3) is 5.57 Å². The molecule has 3 nitrogen and oxygen atoms in total. The van der Waals surface area contributed by atoms with Gasteiger partial charge in [-0.1, -0.05) is 51.0 Å². The van der Waals surface area contributed by atoms with E-state index in [-0.39, 0.29) is 17.6 Å². The Kier molecular flexibility index (Phi) is 3.66. The molecule has 0 spiro atoms. The van der Waals surface area contributed by atoms with E-state index in [2.05, 4.69) is 5.32 Å². The Labute approximate surface area is 125 Å². The molecule has 0 saturated heterocycles. The number of amides is 1. The zero-order chi connectivity index (χ0) is 15.0. The fourth-order valence-electron chi connectivity index (χ4n) is 3.34. The van der Waals surface area contributed by atoms with Crippen LogP contribution in [-0.2, 0) is 4.79 Å². The maximum absolute atomic E-state index is 12.6. The van der Waals surface area contributed by atoms with Gasteiger partial charge >= 0.3 is 0 Å². The summed E-state index contributed by atoms with van der Waals surface area (Å²) in [6.07, 6.45) is 4.63. The van der Waals surface area contributed by atoms with E-state index in [9.17, 15) is 9.59 Å². The van der Waals surface area contributed by atoms with Crippen molar-refractivity contribution in [3.05, 3.63) is 41.1 Å². The lowest BCUT2D eigenvalue weighted by atomic mass is 9.92. The first-order valence-electron chi connectivity index (χ1n) is 7.78. The third-order valence-electron chi connectivity index (χ3n) is 4.49. The number of carbonyl (C=O) groups excluding carboxylic acids is 2. The van der Waals surface area contributed by atoms with Crippen molar-refractivity contribution in [2.45, 2.75) is 39.5 Å². The van der Waals surface area contributed by atoms with Gasteiger partial charge in [0.25, 0.3) is 0 Å². The van der Waals surface area contributed by atoms with Crippen LogP contribution >= 0.6 is 0 Å². The quantitative estimate of drug-likeness (QED) is 0.922. The van der Waals surface area contributed by atoms with E-state index < -0.39 is 0 Å². The van der Waals surface area contributed by atoms with Crippen molar-refractivity contribution >= 4 is 17.3 Å². The molecule has 3 rings (SSSR count). The van der Waals surface area contributed by atoms with Crippen molar-refractivity contribution < 1.29 is 9.59 Å². The molecule has 0 heterocycles. The molecular formula is C18H21NO2. The topological polar surface area (TPSA) is 46.2 Å². The van der Waals surface area contributed by atoms with Gasteiger partial charge in [-0.05, 0) is 29.9 Å². The van der Waals surface area contributed by atoms with E-state index in [4.69, 9.17) is 0 Å². The summed E-state index contributed by atoms with van der Waals surface area (Å²) < 4.78 is 0. The molecule has 0 radical (unpaired) electrons. The number of ketones is 1. The second-order valence-electron chi connectivity index (χ2n) is 6.29. The Morgan fingerprint density at radius 2 is 1.76 bits per heavy atom. The van der Waals surface area contributed by atoms with Gasteiger partial charge in [0.15, 0.2) is 0 Å². The number of hydrogen-bond acceptors (Lipinski definition) is 2. The molecule has 1 aromatic carbocycles. The highest BCUT2D eigenvalue weighted by molar-refractivity contribution is 6.21. The number of Topliss-reactive ketones (excluding diaryl/α,β-unsaturated/α-hetero) is 1. The van der Waals surface area contributed by atoms with Crippen LogP contribution in [0, 0.1) is 11.8 Å². The van der Waals surface area contributed by atoms with E-state index >= 15 is 0 Å². The van der Waals surface area contributed by atoms with Gasteiger partial charge in [0, 0.05) is 11.5 Å². The maximum atomic E-state index is 12.6. The van der Waals surface area contributed by atoms with Gasteiger partial charge in [-0.3, -0.25) is 9.59 Å². The Morgan fingerprint density at radius 1 is 1.14 bits per heavy atom. The van der Waals surface area contributed by atoms with Crippen molar-refractivity contribution in [1.29, 1.82) is 0 Å². The van der Waals surface area contributed by atoms with Gasteiger partial charge in [0.05, 0.1) is 5.70 Å². The summed E-state index contributed by atoms with van der Waals surface area (Å²) in [5.74, 6) is 0.169. The minimum Gasteiger partial charge on any atom is -0.322 e. The van der Waals surface area contributed by atoms with Gasteiger partial charge < -0.3 is 5.32 Å². The smallest absolute Gasteiger partial charge is 0.227 e. The molecule has 1 N–H and O–H groups in total. The van der Waals surface area contributed by atoms with Gasteiger partial charge in [-0.15, -0.1) is 0 Å². The molecule has 2 aliphatic carbocycles. The number of carbonyl (C=O) groups is 2. The fourth-order valence-corrected chi connectivity index (χ4v) is 3.34. The minimum atomic E-state index is -0.126. The summed E-state index contributed by atoms with van der Waals surface area (Å²) >= 11 is 0. The molecule has 0 aromatic heterocycles. The Balaban J connectivity index is 2.05. The van der Waals surface area contributed by atoms with Crippen LogP contribution in [0.1, 0.15) is 55.5 Å². The summed E-state index contributed by atoms with van der Waals surface area (Å²) in [5.41, 5.74) is 3.36. The van der Waals surface area contributed by atoms with Crippen molar-refractivity contribution in [3.63, 3.8) is 0 Å². The average Bonchev–Trinajstić information content (AvgIpc) is 3.07. The van der Waals surface area contributed by atoms with Crippen LogP contribution in [0.5, 0.6) is 0 Å². The highest BCUT2D eigenvalue weighted by Crippen LogP contribution is 2.43. The molecule has 110 valence electrons. The van der Waals surface area contributed by atoms with E-state index in [0.29, 0.717) is 11.6 Å². The zero-order valence-electron chi connectivity index (χ0n) is 12.6. The molecular weight excluding hydrogens is 262 g/mol. The van der Waals surface area contributed by atoms with Crippen molar-refractivity contribution in [3.8, 4) is 0 Å². The molecule has 1 fully saturated rings. The molecule has 2 aliphatic rings. The second kappa shape index (κ2) is 5.47. The molecule has 21 heavy (non-hydrogen) atoms. The number of benzene rings is 1. The first-order chi connectivity index (χ1) is 10.1. The summed E-state index contributed by atoms with van der Waals surface area (Å²) in [4.78, 5) is 24.7. The predicted molar refractivity (Wildman–Crippen MR) is 82.6 cm³/mol. The Bertz CT molecular complexity index is 622. The van der Waals surface area contributed by atoms with Gasteiger partial charge in [-0.25, -0.2) is 0 Å². The third-order valence-corrected chi connectivity index (χ3v) is 4.49. The zero-order valence-corrected chi connectivity index (χ0v) is 12.6. The normalized spacial score (nSPS) is 18.5. The van der Waals surface area contributed by atoms with Crippen molar-refractivity contribution in [2.75, 3.05) is 0 Å². The fraction of sp³-hybridized carbons (Fsp3) is 0.444. The van der Waals surface area contributed by atoms with Gasteiger partial charge in [-0.2, -0.15) is 0 Å².